The van der Waals surface area contributed by atoms with Gasteiger partial charge in [-0.3, -0.25) is 4.79 Å². The highest BCUT2D eigenvalue weighted by Crippen LogP contribution is 2.10. The van der Waals surface area contributed by atoms with Gasteiger partial charge < -0.3 is 10.4 Å². The van der Waals surface area contributed by atoms with Gasteiger partial charge in [-0.15, -0.1) is 5.10 Å². The van der Waals surface area contributed by atoms with Gasteiger partial charge in [0.1, 0.15) is 6.07 Å². The summed E-state index contributed by atoms with van der Waals surface area (Å²) in [6.07, 6.45) is 1.93. The van der Waals surface area contributed by atoms with Crippen LogP contribution in [0.25, 0.3) is 0 Å². The number of hydrogen-bond donors (Lipinski definition) is 2. The Balaban J connectivity index is 2.67. The van der Waals surface area contributed by atoms with Gasteiger partial charge in [0, 0.05) is 6.54 Å². The van der Waals surface area contributed by atoms with E-state index < -0.39 is 11.9 Å². The maximum atomic E-state index is 10.8. The van der Waals surface area contributed by atoms with Crippen molar-refractivity contribution >= 4 is 11.8 Å². The normalized spacial score (nSPS) is 11.5. The van der Waals surface area contributed by atoms with Gasteiger partial charge in [-0.1, -0.05) is 6.92 Å². The molecule has 0 radical (unpaired) electrons. The van der Waals surface area contributed by atoms with E-state index >= 15 is 0 Å². The summed E-state index contributed by atoms with van der Waals surface area (Å²) in [5.41, 5.74) is 0.357. The fourth-order valence-corrected chi connectivity index (χ4v) is 1.18. The Morgan fingerprint density at radius 2 is 2.50 bits per heavy atom. The molecule has 0 saturated carbocycles. The molecular weight excluding hydrogens is 208 g/mol. The number of aliphatic carboxylic acids is 1. The van der Waals surface area contributed by atoms with E-state index in [0.29, 0.717) is 17.8 Å². The Morgan fingerprint density at radius 1 is 1.75 bits per heavy atom. The standard InChI is InChI=1S/C10H12N4O2/c1-2-7(10(15)16)6-12-9-8(5-11)3-4-13-14-9/h3-4,7H,2,6H2,1H3,(H,12,14)(H,15,16). The molecule has 6 heteroatoms. The molecule has 6 nitrogen and oxygen atoms in total. The number of anilines is 1. The predicted molar refractivity (Wildman–Crippen MR) is 56.7 cm³/mol. The molecule has 0 aliphatic carbocycles. The van der Waals surface area contributed by atoms with Crippen molar-refractivity contribution in [2.75, 3.05) is 11.9 Å². The minimum absolute atomic E-state index is 0.235. The lowest BCUT2D eigenvalue weighted by Crippen LogP contribution is -2.22. The molecule has 0 saturated heterocycles. The van der Waals surface area contributed by atoms with Crippen LogP contribution in [0.5, 0.6) is 0 Å². The smallest absolute Gasteiger partial charge is 0.308 e. The van der Waals surface area contributed by atoms with Gasteiger partial charge >= 0.3 is 5.97 Å². The van der Waals surface area contributed by atoms with Crippen LogP contribution in [-0.4, -0.2) is 27.8 Å². The van der Waals surface area contributed by atoms with Crippen LogP contribution in [0.1, 0.15) is 18.9 Å². The van der Waals surface area contributed by atoms with Gasteiger partial charge in [-0.05, 0) is 12.5 Å². The van der Waals surface area contributed by atoms with E-state index in [1.807, 2.05) is 6.07 Å². The van der Waals surface area contributed by atoms with Crippen molar-refractivity contribution < 1.29 is 9.90 Å². The van der Waals surface area contributed by atoms with Crippen LogP contribution in [0.3, 0.4) is 0 Å². The molecule has 1 atom stereocenters. The van der Waals surface area contributed by atoms with Crippen LogP contribution in [0.2, 0.25) is 0 Å². The van der Waals surface area contributed by atoms with E-state index in [9.17, 15) is 4.79 Å². The van der Waals surface area contributed by atoms with Gasteiger partial charge in [-0.25, -0.2) is 0 Å². The summed E-state index contributed by atoms with van der Waals surface area (Å²) in [4.78, 5) is 10.8. The van der Waals surface area contributed by atoms with Crippen molar-refractivity contribution in [1.29, 1.82) is 5.26 Å². The molecule has 0 aromatic carbocycles. The number of rotatable bonds is 5. The zero-order chi connectivity index (χ0) is 12.0. The highest BCUT2D eigenvalue weighted by Gasteiger charge is 2.15. The molecule has 2 N–H and O–H groups in total. The highest BCUT2D eigenvalue weighted by atomic mass is 16.4. The van der Waals surface area contributed by atoms with Crippen molar-refractivity contribution in [3.8, 4) is 6.07 Å². The molecule has 1 unspecified atom stereocenters. The topological polar surface area (TPSA) is 98.9 Å². The fraction of sp³-hybridized carbons (Fsp3) is 0.400. The number of aromatic nitrogens is 2. The number of nitriles is 1. The summed E-state index contributed by atoms with van der Waals surface area (Å²) in [7, 11) is 0. The first-order valence-corrected chi connectivity index (χ1v) is 4.87. The zero-order valence-corrected chi connectivity index (χ0v) is 8.84. The average molecular weight is 220 g/mol. The summed E-state index contributed by atoms with van der Waals surface area (Å²) >= 11 is 0. The van der Waals surface area contributed by atoms with E-state index in [2.05, 4.69) is 15.5 Å². The highest BCUT2D eigenvalue weighted by molar-refractivity contribution is 5.70. The first-order valence-electron chi connectivity index (χ1n) is 4.87. The molecule has 16 heavy (non-hydrogen) atoms. The second-order valence-electron chi connectivity index (χ2n) is 3.23. The summed E-state index contributed by atoms with van der Waals surface area (Å²) in [5.74, 6) is -1.03. The predicted octanol–water partition coefficient (Wildman–Crippen LogP) is 0.871. The average Bonchev–Trinajstić information content (AvgIpc) is 2.30. The van der Waals surface area contributed by atoms with E-state index in [1.165, 1.54) is 12.3 Å². The van der Waals surface area contributed by atoms with Crippen molar-refractivity contribution in [2.24, 2.45) is 5.92 Å². The summed E-state index contributed by atoms with van der Waals surface area (Å²) in [6, 6.07) is 3.48. The quantitative estimate of drug-likeness (QED) is 0.763. The number of carboxylic acid groups (broad SMARTS) is 1. The first-order chi connectivity index (χ1) is 7.69. The van der Waals surface area contributed by atoms with E-state index in [1.54, 1.807) is 6.92 Å². The third-order valence-electron chi connectivity index (χ3n) is 2.20. The molecule has 0 fully saturated rings. The minimum Gasteiger partial charge on any atom is -0.481 e. The summed E-state index contributed by atoms with van der Waals surface area (Å²) in [5, 5.41) is 27.8. The monoisotopic (exact) mass is 220 g/mol. The Kier molecular flexibility index (Phi) is 4.21. The molecule has 1 rings (SSSR count). The molecular formula is C10H12N4O2. The van der Waals surface area contributed by atoms with Crippen molar-refractivity contribution in [1.82, 2.24) is 10.2 Å². The number of nitrogens with zero attached hydrogens (tertiary/aromatic N) is 3. The van der Waals surface area contributed by atoms with Gasteiger partial charge in [0.2, 0.25) is 0 Å². The lowest BCUT2D eigenvalue weighted by molar-refractivity contribution is -0.141. The third kappa shape index (κ3) is 2.92. The molecule has 1 aromatic heterocycles. The lowest BCUT2D eigenvalue weighted by Gasteiger charge is -2.11. The van der Waals surface area contributed by atoms with Crippen LogP contribution in [-0.2, 0) is 4.79 Å². The van der Waals surface area contributed by atoms with Crippen molar-refractivity contribution in [2.45, 2.75) is 13.3 Å². The maximum absolute atomic E-state index is 10.8. The lowest BCUT2D eigenvalue weighted by atomic mass is 10.1. The Hall–Kier alpha value is -2.16. The Labute approximate surface area is 92.9 Å². The zero-order valence-electron chi connectivity index (χ0n) is 8.84. The van der Waals surface area contributed by atoms with Crippen LogP contribution in [0.15, 0.2) is 12.3 Å². The van der Waals surface area contributed by atoms with Crippen LogP contribution in [0.4, 0.5) is 5.82 Å². The molecule has 0 spiro atoms. The number of carboxylic acids is 1. The Bertz CT molecular complexity index is 414. The third-order valence-corrected chi connectivity index (χ3v) is 2.20. The molecule has 0 aliphatic rings. The molecule has 0 bridgehead atoms. The Morgan fingerprint density at radius 3 is 3.06 bits per heavy atom. The van der Waals surface area contributed by atoms with Crippen LogP contribution >= 0.6 is 0 Å². The molecule has 0 aliphatic heterocycles. The van der Waals surface area contributed by atoms with E-state index in [4.69, 9.17) is 10.4 Å². The fourth-order valence-electron chi connectivity index (χ4n) is 1.18. The summed E-state index contributed by atoms with van der Waals surface area (Å²) < 4.78 is 0. The largest absolute Gasteiger partial charge is 0.481 e. The second-order valence-corrected chi connectivity index (χ2v) is 3.23. The SMILES string of the molecule is CCC(CNc1nnccc1C#N)C(=O)O. The van der Waals surface area contributed by atoms with Gasteiger partial charge in [0.15, 0.2) is 5.82 Å². The number of carbonyl (C=O) groups is 1. The van der Waals surface area contributed by atoms with Gasteiger partial charge in [0.05, 0.1) is 17.7 Å². The summed E-state index contributed by atoms with van der Waals surface area (Å²) in [6.45, 7) is 2.03. The first kappa shape index (κ1) is 11.9. The van der Waals surface area contributed by atoms with Crippen molar-refractivity contribution in [3.05, 3.63) is 17.8 Å². The van der Waals surface area contributed by atoms with Gasteiger partial charge in [-0.2, -0.15) is 10.4 Å². The molecule has 84 valence electrons. The molecule has 0 amide bonds. The van der Waals surface area contributed by atoms with E-state index in [0.717, 1.165) is 0 Å². The van der Waals surface area contributed by atoms with Crippen molar-refractivity contribution in [3.63, 3.8) is 0 Å². The van der Waals surface area contributed by atoms with E-state index in [-0.39, 0.29) is 6.54 Å². The molecule has 1 aromatic rings. The minimum atomic E-state index is -0.864. The number of hydrogen-bond acceptors (Lipinski definition) is 5. The van der Waals surface area contributed by atoms with Crippen LogP contribution in [0, 0.1) is 17.2 Å². The maximum Gasteiger partial charge on any atom is 0.308 e. The van der Waals surface area contributed by atoms with Crippen LogP contribution < -0.4 is 5.32 Å². The number of nitrogens with one attached hydrogen (secondary N) is 1. The van der Waals surface area contributed by atoms with Gasteiger partial charge in [0.25, 0.3) is 0 Å². The molecule has 1 heterocycles. The second kappa shape index (κ2) is 5.66.